The second kappa shape index (κ2) is 12.4. The van der Waals surface area contributed by atoms with Crippen molar-refractivity contribution in [3.8, 4) is 0 Å². The molecule has 0 spiro atoms. The van der Waals surface area contributed by atoms with Crippen molar-refractivity contribution >= 4 is 11.0 Å². The maximum atomic E-state index is 13.6. The topological polar surface area (TPSA) is 30.2 Å². The van der Waals surface area contributed by atoms with Gasteiger partial charge >= 0.3 is 5.69 Å². The lowest BCUT2D eigenvalue weighted by Gasteiger charge is -2.32. The average Bonchev–Trinajstić information content (AvgIpc) is 3.22. The van der Waals surface area contributed by atoms with E-state index in [-0.39, 0.29) is 5.69 Å². The smallest absolute Gasteiger partial charge is 0.303 e. The number of hydrogen-bond donors (Lipinski definition) is 0. The van der Waals surface area contributed by atoms with Crippen LogP contribution in [0.5, 0.6) is 0 Å². The zero-order valence-electron chi connectivity index (χ0n) is 22.3. The first-order valence-corrected chi connectivity index (χ1v) is 14.2. The van der Waals surface area contributed by atoms with Gasteiger partial charge in [-0.3, -0.25) is 9.13 Å². The van der Waals surface area contributed by atoms with Crippen LogP contribution >= 0.6 is 0 Å². The van der Waals surface area contributed by atoms with Crippen LogP contribution in [0.1, 0.15) is 61.3 Å². The summed E-state index contributed by atoms with van der Waals surface area (Å²) in [6, 6.07) is 28.1. The molecule has 1 aliphatic rings. The van der Waals surface area contributed by atoms with Gasteiger partial charge in [0, 0.05) is 25.7 Å². The molecule has 1 aliphatic heterocycles. The van der Waals surface area contributed by atoms with Crippen LogP contribution in [0.4, 0.5) is 0 Å². The number of para-hydroxylation sites is 2. The molecule has 4 heteroatoms. The number of benzene rings is 3. The molecule has 4 aromatic rings. The minimum absolute atomic E-state index is 0.179. The first-order chi connectivity index (χ1) is 18.2. The standard InChI is InChI=1S/C33H41N3O/c1-27-13-5-6-17-29(27)18-10-12-24-35-31-19-7-8-20-32(31)36(33(35)37)30-21-25-34(26-22-30)23-11-9-16-28-14-3-2-4-15-28/h2-8,13-15,17,19-20,30H,9-12,16,18,21-26H2,1H3. The van der Waals surface area contributed by atoms with E-state index in [4.69, 9.17) is 0 Å². The highest BCUT2D eigenvalue weighted by Gasteiger charge is 2.24. The fourth-order valence-electron chi connectivity index (χ4n) is 5.99. The van der Waals surface area contributed by atoms with Crippen LogP contribution in [0.3, 0.4) is 0 Å². The quantitative estimate of drug-likeness (QED) is 0.214. The second-order valence-electron chi connectivity index (χ2n) is 10.7. The number of imidazole rings is 1. The van der Waals surface area contributed by atoms with Gasteiger partial charge in [0.1, 0.15) is 0 Å². The maximum absolute atomic E-state index is 13.6. The van der Waals surface area contributed by atoms with Gasteiger partial charge in [0.2, 0.25) is 0 Å². The molecule has 37 heavy (non-hydrogen) atoms. The third-order valence-corrected chi connectivity index (χ3v) is 8.16. The van der Waals surface area contributed by atoms with Crippen molar-refractivity contribution in [2.75, 3.05) is 19.6 Å². The lowest BCUT2D eigenvalue weighted by molar-refractivity contribution is 0.183. The molecular weight excluding hydrogens is 454 g/mol. The Morgan fingerprint density at radius 2 is 1.35 bits per heavy atom. The maximum Gasteiger partial charge on any atom is 0.329 e. The molecule has 0 amide bonds. The van der Waals surface area contributed by atoms with E-state index in [0.29, 0.717) is 6.04 Å². The number of aromatic nitrogens is 2. The van der Waals surface area contributed by atoms with Crippen molar-refractivity contribution in [2.24, 2.45) is 0 Å². The number of aryl methyl sites for hydroxylation is 4. The van der Waals surface area contributed by atoms with Crippen molar-refractivity contribution in [2.45, 2.75) is 70.9 Å². The minimum atomic E-state index is 0.179. The molecule has 1 fully saturated rings. The monoisotopic (exact) mass is 495 g/mol. The Labute approximate surface area is 221 Å². The summed E-state index contributed by atoms with van der Waals surface area (Å²) in [5.41, 5.74) is 6.59. The molecule has 0 aliphatic carbocycles. The first kappa shape index (κ1) is 25.5. The van der Waals surface area contributed by atoms with Crippen molar-refractivity contribution < 1.29 is 0 Å². The molecular formula is C33H41N3O. The number of fused-ring (bicyclic) bond motifs is 1. The second-order valence-corrected chi connectivity index (χ2v) is 10.7. The van der Waals surface area contributed by atoms with E-state index >= 15 is 0 Å². The molecule has 2 heterocycles. The van der Waals surface area contributed by atoms with Gasteiger partial charge in [-0.2, -0.15) is 0 Å². The summed E-state index contributed by atoms with van der Waals surface area (Å²) in [5.74, 6) is 0. The number of rotatable bonds is 11. The Kier molecular flexibility index (Phi) is 8.57. The molecule has 0 unspecified atom stereocenters. The minimum Gasteiger partial charge on any atom is -0.303 e. The third kappa shape index (κ3) is 6.24. The van der Waals surface area contributed by atoms with Crippen molar-refractivity contribution in [3.05, 3.63) is 106 Å². The van der Waals surface area contributed by atoms with Gasteiger partial charge in [-0.05, 0) is 93.7 Å². The van der Waals surface area contributed by atoms with Crippen LogP contribution in [0.25, 0.3) is 11.0 Å². The van der Waals surface area contributed by atoms with Crippen LogP contribution in [-0.4, -0.2) is 33.7 Å². The molecule has 3 aromatic carbocycles. The van der Waals surface area contributed by atoms with Crippen molar-refractivity contribution in [1.29, 1.82) is 0 Å². The van der Waals surface area contributed by atoms with E-state index in [1.54, 1.807) is 0 Å². The lowest BCUT2D eigenvalue weighted by atomic mass is 10.0. The summed E-state index contributed by atoms with van der Waals surface area (Å²) in [6.07, 6.45) is 8.94. The van der Waals surface area contributed by atoms with Gasteiger partial charge in [0.25, 0.3) is 0 Å². The zero-order chi connectivity index (χ0) is 25.5. The summed E-state index contributed by atoms with van der Waals surface area (Å²) < 4.78 is 4.15. The fraction of sp³-hybridized carbons (Fsp3) is 0.424. The van der Waals surface area contributed by atoms with Crippen LogP contribution < -0.4 is 5.69 Å². The zero-order valence-corrected chi connectivity index (χ0v) is 22.3. The molecule has 1 saturated heterocycles. The Morgan fingerprint density at radius 3 is 2.14 bits per heavy atom. The Hall–Kier alpha value is -3.11. The summed E-state index contributed by atoms with van der Waals surface area (Å²) in [4.78, 5) is 16.2. The van der Waals surface area contributed by atoms with E-state index in [1.807, 2.05) is 4.57 Å². The summed E-state index contributed by atoms with van der Waals surface area (Å²) in [6.45, 7) is 6.30. The highest BCUT2D eigenvalue weighted by Crippen LogP contribution is 2.26. The molecule has 1 aromatic heterocycles. The fourth-order valence-corrected chi connectivity index (χ4v) is 5.99. The molecule has 0 atom stereocenters. The normalized spacial score (nSPS) is 14.9. The molecule has 0 N–H and O–H groups in total. The molecule has 5 rings (SSSR count). The van der Waals surface area contributed by atoms with Gasteiger partial charge < -0.3 is 4.90 Å². The molecule has 0 saturated carbocycles. The van der Waals surface area contributed by atoms with Gasteiger partial charge in [0.15, 0.2) is 0 Å². The van der Waals surface area contributed by atoms with Gasteiger partial charge in [-0.1, -0.05) is 66.7 Å². The van der Waals surface area contributed by atoms with Crippen LogP contribution in [0.2, 0.25) is 0 Å². The van der Waals surface area contributed by atoms with Gasteiger partial charge in [0.05, 0.1) is 11.0 Å². The third-order valence-electron chi connectivity index (χ3n) is 8.16. The Bertz CT molecular complexity index is 1330. The van der Waals surface area contributed by atoms with Gasteiger partial charge in [-0.15, -0.1) is 0 Å². The predicted molar refractivity (Wildman–Crippen MR) is 154 cm³/mol. The summed E-state index contributed by atoms with van der Waals surface area (Å²) in [7, 11) is 0. The largest absolute Gasteiger partial charge is 0.329 e. The number of unbranched alkanes of at least 4 members (excludes halogenated alkanes) is 2. The average molecular weight is 496 g/mol. The number of likely N-dealkylation sites (tertiary alicyclic amines) is 1. The van der Waals surface area contributed by atoms with E-state index in [0.717, 1.165) is 75.7 Å². The molecule has 0 bridgehead atoms. The van der Waals surface area contributed by atoms with E-state index in [1.165, 1.54) is 29.5 Å². The van der Waals surface area contributed by atoms with Crippen molar-refractivity contribution in [3.63, 3.8) is 0 Å². The van der Waals surface area contributed by atoms with Crippen LogP contribution in [0.15, 0.2) is 83.7 Å². The van der Waals surface area contributed by atoms with Crippen molar-refractivity contribution in [1.82, 2.24) is 14.0 Å². The Morgan fingerprint density at radius 1 is 0.703 bits per heavy atom. The highest BCUT2D eigenvalue weighted by atomic mass is 16.1. The molecule has 194 valence electrons. The number of piperidine rings is 1. The van der Waals surface area contributed by atoms with Gasteiger partial charge in [-0.25, -0.2) is 4.79 Å². The van der Waals surface area contributed by atoms with E-state index < -0.39 is 0 Å². The van der Waals surface area contributed by atoms with Crippen LogP contribution in [-0.2, 0) is 19.4 Å². The predicted octanol–water partition coefficient (Wildman–Crippen LogP) is 6.79. The Balaban J connectivity index is 1.16. The lowest BCUT2D eigenvalue weighted by Crippen LogP contribution is -2.38. The first-order valence-electron chi connectivity index (χ1n) is 14.2. The van der Waals surface area contributed by atoms with Crippen LogP contribution in [0, 0.1) is 6.92 Å². The summed E-state index contributed by atoms with van der Waals surface area (Å²) >= 11 is 0. The van der Waals surface area contributed by atoms with E-state index in [9.17, 15) is 4.79 Å². The molecule has 0 radical (unpaired) electrons. The summed E-state index contributed by atoms with van der Waals surface area (Å²) in [5, 5.41) is 0. The number of hydrogen-bond acceptors (Lipinski definition) is 2. The number of nitrogens with zero attached hydrogens (tertiary/aromatic N) is 3. The van der Waals surface area contributed by atoms with E-state index in [2.05, 4.69) is 95.3 Å². The molecule has 4 nitrogen and oxygen atoms in total. The highest BCUT2D eigenvalue weighted by molar-refractivity contribution is 5.76. The SMILES string of the molecule is Cc1ccccc1CCCCn1c(=O)n(C2CCN(CCCCc3ccccc3)CC2)c2ccccc21.